The van der Waals surface area contributed by atoms with Gasteiger partial charge in [0.05, 0.1) is 6.04 Å². The number of carbonyl (C=O) groups excluding carboxylic acids is 2. The van der Waals surface area contributed by atoms with Gasteiger partial charge >= 0.3 is 0 Å². The third-order valence-corrected chi connectivity index (χ3v) is 4.54. The van der Waals surface area contributed by atoms with Gasteiger partial charge in [-0.15, -0.1) is 11.3 Å². The van der Waals surface area contributed by atoms with Crippen molar-refractivity contribution in [1.29, 1.82) is 0 Å². The zero-order chi connectivity index (χ0) is 15.0. The fraction of sp³-hybridized carbons (Fsp3) is 0.250. The smallest absolute Gasteiger partial charge is 0.244 e. The lowest BCUT2D eigenvalue weighted by Gasteiger charge is -2.28. The van der Waals surface area contributed by atoms with Crippen molar-refractivity contribution < 1.29 is 9.59 Å². The van der Waals surface area contributed by atoms with Crippen LogP contribution in [0.4, 0.5) is 5.69 Å². The third kappa shape index (κ3) is 2.56. The maximum atomic E-state index is 12.1. The molecule has 1 aromatic heterocycles. The minimum Gasteiger partial charge on any atom is -0.324 e. The number of nitrogens with one attached hydrogen (secondary N) is 1. The Hall–Kier alpha value is -2.14. The number of nitrogens with zero attached hydrogens (tertiary/aromatic N) is 1. The Bertz CT molecular complexity index is 694. The molecule has 1 aromatic carbocycles. The standard InChI is InChI=1S/C16H16N2O2S/c1-10-5-6-13-12(8-10)16(14-4-3-7-21-14)18(11(2)19)9-15(20)17-13/h3-8,16H,9H2,1-2H3,(H,17,20). The summed E-state index contributed by atoms with van der Waals surface area (Å²) in [5.41, 5.74) is 2.86. The van der Waals surface area contributed by atoms with Crippen LogP contribution in [0.1, 0.15) is 29.0 Å². The predicted molar refractivity (Wildman–Crippen MR) is 83.4 cm³/mol. The molecule has 1 unspecified atom stereocenters. The molecule has 2 aromatic rings. The van der Waals surface area contributed by atoms with Crippen molar-refractivity contribution in [3.05, 3.63) is 51.7 Å². The van der Waals surface area contributed by atoms with Crippen LogP contribution in [0.15, 0.2) is 35.7 Å². The van der Waals surface area contributed by atoms with Crippen LogP contribution in [0.3, 0.4) is 0 Å². The lowest BCUT2D eigenvalue weighted by Crippen LogP contribution is -2.37. The molecular weight excluding hydrogens is 284 g/mol. The second-order valence-corrected chi connectivity index (χ2v) is 6.18. The largest absolute Gasteiger partial charge is 0.324 e. The Balaban J connectivity index is 2.21. The van der Waals surface area contributed by atoms with E-state index >= 15 is 0 Å². The van der Waals surface area contributed by atoms with E-state index in [1.165, 1.54) is 6.92 Å². The Morgan fingerprint density at radius 3 is 2.86 bits per heavy atom. The van der Waals surface area contributed by atoms with E-state index in [2.05, 4.69) is 5.32 Å². The molecule has 0 aliphatic carbocycles. The number of anilines is 1. The highest BCUT2D eigenvalue weighted by atomic mass is 32.1. The van der Waals surface area contributed by atoms with Crippen LogP contribution in [-0.4, -0.2) is 23.3 Å². The van der Waals surface area contributed by atoms with Crippen molar-refractivity contribution in [2.45, 2.75) is 19.9 Å². The zero-order valence-corrected chi connectivity index (χ0v) is 12.7. The first-order valence-corrected chi connectivity index (χ1v) is 7.65. The first kappa shape index (κ1) is 13.8. The summed E-state index contributed by atoms with van der Waals surface area (Å²) in [4.78, 5) is 26.8. The van der Waals surface area contributed by atoms with Crippen molar-refractivity contribution in [3.8, 4) is 0 Å². The topological polar surface area (TPSA) is 49.4 Å². The number of hydrogen-bond donors (Lipinski definition) is 1. The summed E-state index contributed by atoms with van der Waals surface area (Å²) in [6.45, 7) is 3.59. The molecule has 2 heterocycles. The molecule has 0 saturated heterocycles. The molecule has 0 fully saturated rings. The molecule has 21 heavy (non-hydrogen) atoms. The number of carbonyl (C=O) groups is 2. The van der Waals surface area contributed by atoms with Gasteiger partial charge in [0, 0.05) is 23.1 Å². The van der Waals surface area contributed by atoms with Gasteiger partial charge in [0.2, 0.25) is 11.8 Å². The lowest BCUT2D eigenvalue weighted by atomic mass is 9.99. The highest BCUT2D eigenvalue weighted by molar-refractivity contribution is 7.10. The highest BCUT2D eigenvalue weighted by Crippen LogP contribution is 2.38. The molecule has 1 N–H and O–H groups in total. The van der Waals surface area contributed by atoms with Gasteiger partial charge in [-0.25, -0.2) is 0 Å². The molecule has 3 rings (SSSR count). The van der Waals surface area contributed by atoms with Crippen LogP contribution in [0.25, 0.3) is 0 Å². The van der Waals surface area contributed by atoms with Gasteiger partial charge in [-0.05, 0) is 24.4 Å². The summed E-state index contributed by atoms with van der Waals surface area (Å²) in [5.74, 6) is -0.257. The van der Waals surface area contributed by atoms with Gasteiger partial charge in [0.1, 0.15) is 6.54 Å². The van der Waals surface area contributed by atoms with E-state index in [-0.39, 0.29) is 24.4 Å². The van der Waals surface area contributed by atoms with E-state index < -0.39 is 0 Å². The fourth-order valence-corrected chi connectivity index (χ4v) is 3.53. The zero-order valence-electron chi connectivity index (χ0n) is 11.9. The van der Waals surface area contributed by atoms with Crippen LogP contribution in [0.2, 0.25) is 0 Å². The average molecular weight is 300 g/mol. The van der Waals surface area contributed by atoms with E-state index in [0.717, 1.165) is 21.7 Å². The first-order chi connectivity index (χ1) is 10.1. The second-order valence-electron chi connectivity index (χ2n) is 5.20. The van der Waals surface area contributed by atoms with E-state index in [1.807, 2.05) is 42.6 Å². The highest BCUT2D eigenvalue weighted by Gasteiger charge is 2.32. The molecule has 1 atom stereocenters. The molecular formula is C16H16N2O2S. The van der Waals surface area contributed by atoms with Crippen LogP contribution in [0.5, 0.6) is 0 Å². The van der Waals surface area contributed by atoms with Crippen molar-refractivity contribution in [2.24, 2.45) is 0 Å². The summed E-state index contributed by atoms with van der Waals surface area (Å²) in [6, 6.07) is 9.68. The van der Waals surface area contributed by atoms with Crippen LogP contribution in [-0.2, 0) is 9.59 Å². The van der Waals surface area contributed by atoms with Crippen molar-refractivity contribution in [2.75, 3.05) is 11.9 Å². The summed E-state index contributed by atoms with van der Waals surface area (Å²) in [6.07, 6.45) is 0. The molecule has 0 spiro atoms. The van der Waals surface area contributed by atoms with E-state index in [0.29, 0.717) is 0 Å². The van der Waals surface area contributed by atoms with Gasteiger partial charge < -0.3 is 10.2 Å². The lowest BCUT2D eigenvalue weighted by molar-refractivity contribution is -0.134. The summed E-state index contributed by atoms with van der Waals surface area (Å²) < 4.78 is 0. The summed E-state index contributed by atoms with van der Waals surface area (Å²) >= 11 is 1.60. The first-order valence-electron chi connectivity index (χ1n) is 6.77. The fourth-order valence-electron chi connectivity index (χ4n) is 2.67. The molecule has 4 nitrogen and oxygen atoms in total. The Kier molecular flexibility index (Phi) is 3.51. The molecule has 0 bridgehead atoms. The SMILES string of the molecule is CC(=O)N1CC(=O)Nc2ccc(C)cc2C1c1cccs1. The van der Waals surface area contributed by atoms with Crippen molar-refractivity contribution >= 4 is 28.8 Å². The molecule has 0 saturated carbocycles. The average Bonchev–Trinajstić information content (AvgIpc) is 2.90. The van der Waals surface area contributed by atoms with Gasteiger partial charge in [-0.3, -0.25) is 9.59 Å². The van der Waals surface area contributed by atoms with Gasteiger partial charge in [-0.2, -0.15) is 0 Å². The van der Waals surface area contributed by atoms with Crippen molar-refractivity contribution in [3.63, 3.8) is 0 Å². The van der Waals surface area contributed by atoms with Crippen LogP contribution in [0, 0.1) is 6.92 Å². The number of aryl methyl sites for hydroxylation is 1. The maximum Gasteiger partial charge on any atom is 0.244 e. The number of fused-ring (bicyclic) bond motifs is 1. The van der Waals surface area contributed by atoms with E-state index in [1.54, 1.807) is 16.2 Å². The predicted octanol–water partition coefficient (Wildman–Crippen LogP) is 2.95. The van der Waals surface area contributed by atoms with Gasteiger partial charge in [0.15, 0.2) is 0 Å². The maximum absolute atomic E-state index is 12.1. The Morgan fingerprint density at radius 1 is 1.38 bits per heavy atom. The molecule has 5 heteroatoms. The number of benzene rings is 1. The Morgan fingerprint density at radius 2 is 2.19 bits per heavy atom. The normalized spacial score (nSPS) is 17.9. The molecule has 108 valence electrons. The minimum absolute atomic E-state index is 0.0750. The summed E-state index contributed by atoms with van der Waals surface area (Å²) in [7, 11) is 0. The van der Waals surface area contributed by atoms with Crippen LogP contribution < -0.4 is 5.32 Å². The van der Waals surface area contributed by atoms with Crippen LogP contribution >= 0.6 is 11.3 Å². The number of hydrogen-bond acceptors (Lipinski definition) is 3. The number of thiophene rings is 1. The molecule has 2 amide bonds. The second kappa shape index (κ2) is 5.33. The third-order valence-electron chi connectivity index (χ3n) is 3.62. The molecule has 0 radical (unpaired) electrons. The monoisotopic (exact) mass is 300 g/mol. The molecule has 1 aliphatic heterocycles. The van der Waals surface area contributed by atoms with E-state index in [9.17, 15) is 9.59 Å². The summed E-state index contributed by atoms with van der Waals surface area (Å²) in [5, 5.41) is 4.89. The minimum atomic E-state index is -0.212. The van der Waals surface area contributed by atoms with E-state index in [4.69, 9.17) is 0 Å². The van der Waals surface area contributed by atoms with Gasteiger partial charge in [0.25, 0.3) is 0 Å². The van der Waals surface area contributed by atoms with Crippen molar-refractivity contribution in [1.82, 2.24) is 4.90 Å². The Labute approximate surface area is 127 Å². The number of amides is 2. The molecule has 1 aliphatic rings. The number of rotatable bonds is 1. The van der Waals surface area contributed by atoms with Gasteiger partial charge in [-0.1, -0.05) is 23.8 Å². The quantitative estimate of drug-likeness (QED) is 0.880.